The number of aryl methyl sites for hydroxylation is 1. The second-order valence-electron chi connectivity index (χ2n) is 10.2. The van der Waals surface area contributed by atoms with Gasteiger partial charge in [0.1, 0.15) is 5.76 Å². The third kappa shape index (κ3) is 7.98. The molecule has 1 amide bonds. The first-order valence-electron chi connectivity index (χ1n) is 13.7. The first-order valence-corrected chi connectivity index (χ1v) is 14.7. The van der Waals surface area contributed by atoms with Crippen LogP contribution in [0.4, 0.5) is 0 Å². The van der Waals surface area contributed by atoms with Gasteiger partial charge in [0.2, 0.25) is 17.0 Å². The van der Waals surface area contributed by atoms with Crippen molar-refractivity contribution in [2.24, 2.45) is 0 Å². The van der Waals surface area contributed by atoms with Gasteiger partial charge in [0.15, 0.2) is 0 Å². The fourth-order valence-corrected chi connectivity index (χ4v) is 5.34. The molecule has 0 spiro atoms. The number of aromatic nitrogens is 1. The van der Waals surface area contributed by atoms with Crippen molar-refractivity contribution in [3.05, 3.63) is 52.7 Å². The monoisotopic (exact) mass is 587 g/mol. The Labute approximate surface area is 241 Å². The summed E-state index contributed by atoms with van der Waals surface area (Å²) in [7, 11) is 3.11. The zero-order valence-corrected chi connectivity index (χ0v) is 24.4. The van der Waals surface area contributed by atoms with Gasteiger partial charge < -0.3 is 24.3 Å². The predicted molar refractivity (Wildman–Crippen MR) is 154 cm³/mol. The molecule has 2 unspecified atom stereocenters. The van der Waals surface area contributed by atoms with Gasteiger partial charge in [-0.1, -0.05) is 29.8 Å². The lowest BCUT2D eigenvalue weighted by Crippen LogP contribution is -2.29. The van der Waals surface area contributed by atoms with E-state index in [4.69, 9.17) is 18.9 Å². The maximum atomic E-state index is 13.0. The van der Waals surface area contributed by atoms with Crippen molar-refractivity contribution in [3.63, 3.8) is 0 Å². The molecule has 3 aromatic rings. The van der Waals surface area contributed by atoms with Crippen molar-refractivity contribution >= 4 is 34.2 Å². The van der Waals surface area contributed by atoms with E-state index < -0.39 is 23.3 Å². The highest BCUT2D eigenvalue weighted by atomic mass is 32.2. The molecular weight excluding hydrogens is 550 g/mol. The van der Waals surface area contributed by atoms with E-state index in [2.05, 4.69) is 5.32 Å². The highest BCUT2D eigenvalue weighted by Crippen LogP contribution is 2.44. The van der Waals surface area contributed by atoms with Crippen LogP contribution in [0.3, 0.4) is 0 Å². The molecule has 1 fully saturated rings. The quantitative estimate of drug-likeness (QED) is 0.165. The summed E-state index contributed by atoms with van der Waals surface area (Å²) < 4.78 is 40.6. The molecule has 0 aliphatic heterocycles. The van der Waals surface area contributed by atoms with Gasteiger partial charge in [-0.05, 0) is 50.2 Å². The van der Waals surface area contributed by atoms with Gasteiger partial charge in [-0.3, -0.25) is 14.1 Å². The summed E-state index contributed by atoms with van der Waals surface area (Å²) in [6, 6.07) is 9.63. The Bertz CT molecular complexity index is 1390. The molecule has 0 saturated heterocycles. The Morgan fingerprint density at radius 2 is 1.98 bits per heavy atom. The number of benzene rings is 1. The molecule has 41 heavy (non-hydrogen) atoms. The second kappa shape index (κ2) is 14.1. The minimum absolute atomic E-state index is 0.0921. The van der Waals surface area contributed by atoms with E-state index in [1.54, 1.807) is 7.05 Å². The van der Waals surface area contributed by atoms with Crippen molar-refractivity contribution in [1.82, 2.24) is 14.6 Å². The molecule has 1 aliphatic rings. The van der Waals surface area contributed by atoms with Crippen molar-refractivity contribution in [1.29, 1.82) is 0 Å². The Morgan fingerprint density at radius 1 is 1.24 bits per heavy atom. The Balaban J connectivity index is 1.60. The van der Waals surface area contributed by atoms with Gasteiger partial charge in [-0.2, -0.15) is 4.31 Å². The summed E-state index contributed by atoms with van der Waals surface area (Å²) in [5, 5.41) is 12.5. The molecule has 2 aromatic heterocycles. The number of carboxylic acid groups (broad SMARTS) is 1. The zero-order chi connectivity index (χ0) is 29.5. The number of nitrogens with zero attached hydrogens (tertiary/aromatic N) is 2. The summed E-state index contributed by atoms with van der Waals surface area (Å²) in [6.07, 6.45) is 2.09. The van der Waals surface area contributed by atoms with Crippen LogP contribution in [0.5, 0.6) is 0 Å². The highest BCUT2D eigenvalue weighted by Gasteiger charge is 2.31. The van der Waals surface area contributed by atoms with Crippen molar-refractivity contribution < 1.29 is 37.3 Å². The molecule has 3 N–H and O–H groups in total. The molecule has 222 valence electrons. The van der Waals surface area contributed by atoms with Gasteiger partial charge in [0, 0.05) is 26.3 Å². The van der Waals surface area contributed by atoms with E-state index in [0.29, 0.717) is 41.9 Å². The summed E-state index contributed by atoms with van der Waals surface area (Å²) in [4.78, 5) is 29.0. The topological polar surface area (TPSA) is 151 Å². The number of methoxy groups -OCH3 is 1. The van der Waals surface area contributed by atoms with E-state index in [1.165, 1.54) is 11.4 Å². The van der Waals surface area contributed by atoms with Gasteiger partial charge >= 0.3 is 5.97 Å². The van der Waals surface area contributed by atoms with Crippen molar-refractivity contribution in [2.45, 2.75) is 57.6 Å². The van der Waals surface area contributed by atoms with Crippen molar-refractivity contribution in [3.8, 4) is 11.3 Å². The largest absolute Gasteiger partial charge is 0.481 e. The molecule has 2 heterocycles. The lowest BCUT2D eigenvalue weighted by atomic mass is 10.0. The average molecular weight is 588 g/mol. The number of carbonyl (C=O) groups excluding carboxylic acids is 1. The molecular formula is C29H37N3O8S. The summed E-state index contributed by atoms with van der Waals surface area (Å²) in [6.45, 7) is 2.92. The molecule has 4 rings (SSSR count). The number of hydrogen-bond donors (Lipinski definition) is 3. The fraction of sp³-hybridized carbons (Fsp3) is 0.483. The lowest BCUT2D eigenvalue weighted by Gasteiger charge is -2.21. The number of amides is 1. The Kier molecular flexibility index (Phi) is 10.6. The van der Waals surface area contributed by atoms with Crippen LogP contribution in [0.15, 0.2) is 34.7 Å². The number of furan rings is 1. The summed E-state index contributed by atoms with van der Waals surface area (Å²) in [5.74, 6) is -0.579. The lowest BCUT2D eigenvalue weighted by molar-refractivity contribution is -0.140. The number of hydrogen-bond acceptors (Lipinski definition) is 7. The van der Waals surface area contributed by atoms with E-state index in [-0.39, 0.29) is 43.7 Å². The molecule has 2 atom stereocenters. The second-order valence-corrected chi connectivity index (χ2v) is 11.2. The molecule has 12 heteroatoms. The first kappa shape index (κ1) is 30.8. The van der Waals surface area contributed by atoms with E-state index in [9.17, 15) is 23.5 Å². The Morgan fingerprint density at radius 3 is 2.59 bits per heavy atom. The van der Waals surface area contributed by atoms with E-state index in [1.807, 2.05) is 37.3 Å². The highest BCUT2D eigenvalue weighted by molar-refractivity contribution is 7.76. The van der Waals surface area contributed by atoms with Crippen LogP contribution in [0.25, 0.3) is 22.4 Å². The average Bonchev–Trinajstić information content (AvgIpc) is 3.72. The van der Waals surface area contributed by atoms with E-state index in [0.717, 1.165) is 29.5 Å². The van der Waals surface area contributed by atoms with Crippen LogP contribution in [0, 0.1) is 6.92 Å². The van der Waals surface area contributed by atoms with Crippen molar-refractivity contribution in [2.75, 3.05) is 33.9 Å². The number of carbonyl (C=O) groups is 2. The number of carboxylic acids is 1. The molecule has 1 aliphatic carbocycles. The van der Waals surface area contributed by atoms with Crippen LogP contribution < -0.4 is 5.32 Å². The number of rotatable bonds is 16. The maximum absolute atomic E-state index is 13.0. The SMILES string of the molecule is CNC(=O)c1c(-c2ccc(C)cc2)oc2nc(CN(CCCC(CC(=O)O)OCCOC)S(=O)O)c(C3CC3)cc12. The Hall–Kier alpha value is -3.16. The van der Waals surface area contributed by atoms with Gasteiger partial charge in [-0.25, -0.2) is 9.19 Å². The third-order valence-electron chi connectivity index (χ3n) is 7.10. The number of aliphatic carboxylic acids is 1. The maximum Gasteiger partial charge on any atom is 0.305 e. The summed E-state index contributed by atoms with van der Waals surface area (Å²) >= 11 is -2.29. The minimum atomic E-state index is -2.29. The molecule has 1 aromatic carbocycles. The molecule has 0 bridgehead atoms. The third-order valence-corrected chi connectivity index (χ3v) is 7.86. The first-order chi connectivity index (χ1) is 19.7. The van der Waals surface area contributed by atoms with Gasteiger partial charge in [-0.15, -0.1) is 0 Å². The van der Waals surface area contributed by atoms with E-state index >= 15 is 0 Å². The predicted octanol–water partition coefficient (Wildman–Crippen LogP) is 4.27. The number of ether oxygens (including phenoxy) is 2. The van der Waals surface area contributed by atoms with Crippen LogP contribution in [-0.2, 0) is 32.1 Å². The number of fused-ring (bicyclic) bond motifs is 1. The van der Waals surface area contributed by atoms with Crippen LogP contribution >= 0.6 is 0 Å². The normalized spacial score (nSPS) is 14.9. The number of pyridine rings is 1. The summed E-state index contributed by atoms with van der Waals surface area (Å²) in [5.41, 5.74) is 4.08. The van der Waals surface area contributed by atoms with Gasteiger partial charge in [0.05, 0.1) is 48.9 Å². The van der Waals surface area contributed by atoms with Gasteiger partial charge in [0.25, 0.3) is 5.91 Å². The minimum Gasteiger partial charge on any atom is -0.481 e. The fourth-order valence-electron chi connectivity index (χ4n) is 4.82. The molecule has 0 radical (unpaired) electrons. The zero-order valence-electron chi connectivity index (χ0n) is 23.6. The standard InChI is InChI=1S/C29H37N3O8S/c1-18-6-8-20(9-7-18)27-26(28(35)30-2)23-16-22(19-10-11-19)24(31-29(23)40-27)17-32(41(36)37)12-4-5-21(15-25(33)34)39-14-13-38-3/h6-9,16,19,21H,4-5,10-15,17H2,1-3H3,(H,30,35)(H,33,34)(H,36,37). The molecule has 11 nitrogen and oxygen atoms in total. The van der Waals surface area contributed by atoms with Crippen LogP contribution in [0.1, 0.15) is 65.2 Å². The smallest absolute Gasteiger partial charge is 0.305 e. The van der Waals surface area contributed by atoms with Crippen LogP contribution in [-0.4, -0.2) is 75.1 Å². The molecule has 1 saturated carbocycles. The van der Waals surface area contributed by atoms with Crippen LogP contribution in [0.2, 0.25) is 0 Å². The number of nitrogens with one attached hydrogen (secondary N) is 1.